The number of carbonyl (C=O) groups is 11. The Morgan fingerprint density at radius 1 is 0.576 bits per heavy atom. The van der Waals surface area contributed by atoms with Crippen LogP contribution >= 0.6 is 11.6 Å². The number of carbonyl (C=O) groups excluding carboxylic acids is 11. The van der Waals surface area contributed by atoms with Gasteiger partial charge in [-0.1, -0.05) is 98.0 Å². The molecular weight excluding hydrogens is 1220 g/mol. The zero-order chi connectivity index (χ0) is 70.2. The number of halogens is 5. The number of hydrogen-bond acceptors (Lipinski definition) is 11. The molecule has 1 aliphatic rings. The van der Waals surface area contributed by atoms with Crippen LogP contribution in [0.4, 0.5) is 17.6 Å². The van der Waals surface area contributed by atoms with Crippen molar-refractivity contribution in [2.45, 2.75) is 182 Å². The second-order valence-corrected chi connectivity index (χ2v) is 26.4. The summed E-state index contributed by atoms with van der Waals surface area (Å²) in [4.78, 5) is 167. The van der Waals surface area contributed by atoms with Crippen LogP contribution in [-0.2, 0) is 71.8 Å². The first kappa shape index (κ1) is 78.9. The monoisotopic (exact) mass is 1320 g/mol. The van der Waals surface area contributed by atoms with E-state index in [4.69, 9.17) is 11.6 Å². The van der Waals surface area contributed by atoms with Crippen LogP contribution in [0, 0.1) is 29.5 Å². The predicted molar refractivity (Wildman–Crippen MR) is 340 cm³/mol. The van der Waals surface area contributed by atoms with E-state index < -0.39 is 162 Å². The lowest BCUT2D eigenvalue weighted by molar-refractivity contribution is -0.149. The quantitative estimate of drug-likeness (QED) is 0.187. The van der Waals surface area contributed by atoms with Crippen LogP contribution < -0.4 is 21.3 Å². The second-order valence-electron chi connectivity index (χ2n) is 26.0. The maximum atomic E-state index is 14.9. The van der Waals surface area contributed by atoms with Gasteiger partial charge in [0.1, 0.15) is 47.6 Å². The van der Waals surface area contributed by atoms with Gasteiger partial charge in [0.15, 0.2) is 0 Å². The lowest BCUT2D eigenvalue weighted by atomic mass is 9.93. The molecule has 11 amide bonds. The van der Waals surface area contributed by atoms with Gasteiger partial charge in [0.2, 0.25) is 65.0 Å². The fourth-order valence-electron chi connectivity index (χ4n) is 10.4. The van der Waals surface area contributed by atoms with Gasteiger partial charge < -0.3 is 55.6 Å². The topological polar surface area (TPSA) is 259 Å². The molecule has 3 rings (SSSR count). The summed E-state index contributed by atoms with van der Waals surface area (Å²) in [6.07, 6.45) is -5.13. The Morgan fingerprint density at radius 3 is 1.63 bits per heavy atom. The van der Waals surface area contributed by atoms with Gasteiger partial charge in [-0.3, -0.25) is 52.7 Å². The van der Waals surface area contributed by atoms with Crippen molar-refractivity contribution in [2.75, 3.05) is 69.0 Å². The maximum absolute atomic E-state index is 14.9. The molecule has 9 atom stereocenters. The van der Waals surface area contributed by atoms with Crippen LogP contribution in [0.3, 0.4) is 0 Å². The van der Waals surface area contributed by atoms with Crippen LogP contribution in [-0.4, -0.2) is 216 Å². The van der Waals surface area contributed by atoms with Crippen molar-refractivity contribution in [1.82, 2.24) is 55.6 Å². The summed E-state index contributed by atoms with van der Waals surface area (Å²) in [5, 5.41) is 11.3. The highest BCUT2D eigenvalue weighted by Gasteiger charge is 2.43. The van der Waals surface area contributed by atoms with Crippen LogP contribution in [0.15, 0.2) is 42.5 Å². The molecule has 1 saturated heterocycles. The SMILES string of the molecule is CC[C@H](C)[C@@H]1NC(=O)[C@H](CC(C)C)N(C)C(=O)C[C@@H](C)N(C)C(=O)[C@H]([C@@H](C)CC)NC(=O)C(C)(C)N(C)C(=O)[C@@H](CC(C)C)NC(=O)[C@H](CCc2ccc(C(F)(F)F)c(F)c2)NC(=O)CN(C)C(=O)[C@H](Cc2ccc(Cl)cc2)N(C)C(=O)CN(C)C(=O)CN(C)C1=O. The number of hydrogen-bond donors (Lipinski definition) is 4. The van der Waals surface area contributed by atoms with Crippen LogP contribution in [0.1, 0.15) is 131 Å². The number of aryl methyl sites for hydroxylation is 1. The number of nitrogens with one attached hydrogen (secondary N) is 4. The standard InChI is InChI=1S/C65H98ClF4N11O11/c1-19-39(7)55-61(90)77(14)35-53(84)75(12)36-54(85)80(17)50(33-43-21-25-44(66)26-22-43)60(89)76(13)34-51(82)71-47(28-24-42-23-27-45(46(67)32-42)65(68,69)70)57(86)72-48(29-37(3)4)59(88)81(18)64(10,11)63(92)74-56(40(8)20-2)62(91)78(15)41(9)31-52(83)79(16)49(30-38(5)6)58(87)73-55/h21-23,25-27,32,37-41,47-50,55-56H,19-20,24,28-31,33-36H2,1-18H3,(H,71,82)(H,72,86)(H,73,87)(H,74,92)/t39-,40-,41+,47-,48+,49-,50-,55-,56-/m0/s1. The molecule has 0 saturated carbocycles. The molecule has 0 bridgehead atoms. The van der Waals surface area contributed by atoms with Gasteiger partial charge in [-0.15, -0.1) is 0 Å². The van der Waals surface area contributed by atoms with Crippen molar-refractivity contribution < 1.29 is 70.3 Å². The van der Waals surface area contributed by atoms with Crippen molar-refractivity contribution in [3.8, 4) is 0 Å². The van der Waals surface area contributed by atoms with Crippen molar-refractivity contribution >= 4 is 76.6 Å². The molecule has 1 heterocycles. The van der Waals surface area contributed by atoms with E-state index in [-0.39, 0.29) is 55.9 Å². The first-order chi connectivity index (χ1) is 42.6. The summed E-state index contributed by atoms with van der Waals surface area (Å²) in [7, 11) is 9.52. The molecule has 0 radical (unpaired) electrons. The van der Waals surface area contributed by atoms with E-state index in [9.17, 15) is 70.3 Å². The van der Waals surface area contributed by atoms with Crippen molar-refractivity contribution in [1.29, 1.82) is 0 Å². The molecule has 0 aliphatic carbocycles. The Hall–Kier alpha value is -7.38. The number of nitrogens with zero attached hydrogens (tertiary/aromatic N) is 7. The number of rotatable bonds is 13. The summed E-state index contributed by atoms with van der Waals surface area (Å²) in [5.41, 5.74) is -2.72. The molecule has 514 valence electrons. The third-order valence-electron chi connectivity index (χ3n) is 17.4. The fraction of sp³-hybridized carbons (Fsp3) is 0.646. The van der Waals surface area contributed by atoms with Crippen LogP contribution in [0.25, 0.3) is 0 Å². The predicted octanol–water partition coefficient (Wildman–Crippen LogP) is 5.31. The minimum Gasteiger partial charge on any atom is -0.343 e. The molecule has 4 N–H and O–H groups in total. The van der Waals surface area contributed by atoms with Gasteiger partial charge in [0.25, 0.3) is 0 Å². The summed E-state index contributed by atoms with van der Waals surface area (Å²) in [6, 6.07) is -0.0282. The number of likely N-dealkylation sites (N-methyl/N-ethyl adjacent to an activating group) is 7. The number of benzene rings is 2. The average molecular weight is 1320 g/mol. The van der Waals surface area contributed by atoms with Crippen molar-refractivity contribution in [3.05, 3.63) is 70.0 Å². The van der Waals surface area contributed by atoms with Gasteiger partial charge in [0, 0.05) is 73.2 Å². The second kappa shape index (κ2) is 34.5. The Morgan fingerprint density at radius 2 is 1.10 bits per heavy atom. The minimum absolute atomic E-state index is 0.0131. The van der Waals surface area contributed by atoms with E-state index in [0.717, 1.165) is 30.6 Å². The Labute approximate surface area is 544 Å². The van der Waals surface area contributed by atoms with E-state index in [1.54, 1.807) is 58.9 Å². The van der Waals surface area contributed by atoms with E-state index in [1.807, 2.05) is 27.7 Å². The highest BCUT2D eigenvalue weighted by molar-refractivity contribution is 6.30. The molecule has 1 fully saturated rings. The summed E-state index contributed by atoms with van der Waals surface area (Å²) < 4.78 is 55.7. The molecule has 0 spiro atoms. The van der Waals surface area contributed by atoms with Crippen LogP contribution in [0.5, 0.6) is 0 Å². The molecule has 27 heteroatoms. The molecule has 0 aromatic heterocycles. The molecule has 0 unspecified atom stereocenters. The summed E-state index contributed by atoms with van der Waals surface area (Å²) in [5.74, 6) is -11.0. The number of amides is 11. The average Bonchev–Trinajstić information content (AvgIpc) is 1.03. The van der Waals surface area contributed by atoms with Gasteiger partial charge >= 0.3 is 6.18 Å². The van der Waals surface area contributed by atoms with Gasteiger partial charge in [-0.05, 0) is 106 Å². The normalized spacial score (nSPS) is 23.8. The van der Waals surface area contributed by atoms with E-state index in [2.05, 4.69) is 21.3 Å². The largest absolute Gasteiger partial charge is 0.419 e. The smallest absolute Gasteiger partial charge is 0.343 e. The summed E-state index contributed by atoms with van der Waals surface area (Å²) in [6.45, 7) is 17.0. The molecule has 22 nitrogen and oxygen atoms in total. The highest BCUT2D eigenvalue weighted by atomic mass is 35.5. The molecule has 92 heavy (non-hydrogen) atoms. The number of alkyl halides is 3. The van der Waals surface area contributed by atoms with Gasteiger partial charge in [-0.2, -0.15) is 13.2 Å². The van der Waals surface area contributed by atoms with E-state index in [1.165, 1.54) is 73.0 Å². The Balaban J connectivity index is 2.24. The van der Waals surface area contributed by atoms with E-state index in [0.29, 0.717) is 35.6 Å². The minimum atomic E-state index is -5.02. The van der Waals surface area contributed by atoms with Crippen LogP contribution in [0.2, 0.25) is 5.02 Å². The van der Waals surface area contributed by atoms with E-state index >= 15 is 0 Å². The Bertz CT molecular complexity index is 2950. The fourth-order valence-corrected chi connectivity index (χ4v) is 10.5. The Kier molecular flexibility index (Phi) is 29.6. The lowest BCUT2D eigenvalue weighted by Crippen LogP contribution is -2.63. The first-order valence-corrected chi connectivity index (χ1v) is 31.6. The molecule has 2 aromatic rings. The first-order valence-electron chi connectivity index (χ1n) is 31.2. The lowest BCUT2D eigenvalue weighted by Gasteiger charge is -2.39. The molecular formula is C65H98ClF4N11O11. The maximum Gasteiger partial charge on any atom is 0.419 e. The third kappa shape index (κ3) is 21.9. The van der Waals surface area contributed by atoms with Crippen molar-refractivity contribution in [3.63, 3.8) is 0 Å². The summed E-state index contributed by atoms with van der Waals surface area (Å²) >= 11 is 6.19. The zero-order valence-electron chi connectivity index (χ0n) is 56.7. The highest BCUT2D eigenvalue weighted by Crippen LogP contribution is 2.32. The molecule has 1 aliphatic heterocycles. The van der Waals surface area contributed by atoms with Gasteiger partial charge in [0.05, 0.1) is 25.2 Å². The third-order valence-corrected chi connectivity index (χ3v) is 17.7. The zero-order valence-corrected chi connectivity index (χ0v) is 57.4. The molecule has 2 aromatic carbocycles. The van der Waals surface area contributed by atoms with Gasteiger partial charge in [-0.25, -0.2) is 4.39 Å². The van der Waals surface area contributed by atoms with Crippen molar-refractivity contribution in [2.24, 2.45) is 23.7 Å².